The van der Waals surface area contributed by atoms with Crippen LogP contribution < -0.4 is 4.90 Å². The van der Waals surface area contributed by atoms with Gasteiger partial charge in [-0.3, -0.25) is 4.90 Å². The van der Waals surface area contributed by atoms with Gasteiger partial charge in [0.15, 0.2) is 0 Å². The lowest BCUT2D eigenvalue weighted by Gasteiger charge is -2.36. The van der Waals surface area contributed by atoms with E-state index in [0.717, 1.165) is 16.3 Å². The van der Waals surface area contributed by atoms with Gasteiger partial charge in [-0.1, -0.05) is 0 Å². The second kappa shape index (κ2) is 5.70. The molecule has 2 aromatic rings. The molecule has 2 aliphatic rings. The number of hydrogen-bond donors (Lipinski definition) is 0. The third kappa shape index (κ3) is 2.57. The van der Waals surface area contributed by atoms with E-state index in [4.69, 9.17) is 0 Å². The van der Waals surface area contributed by atoms with E-state index in [0.29, 0.717) is 0 Å². The van der Waals surface area contributed by atoms with Crippen molar-refractivity contribution >= 4 is 21.6 Å². The highest BCUT2D eigenvalue weighted by atomic mass is 79.9. The highest BCUT2D eigenvalue weighted by Gasteiger charge is 2.31. The van der Waals surface area contributed by atoms with Crippen LogP contribution in [0.15, 0.2) is 35.3 Å². The maximum absolute atomic E-state index is 4.23. The summed E-state index contributed by atoms with van der Waals surface area (Å²) in [7, 11) is 0. The van der Waals surface area contributed by atoms with Gasteiger partial charge in [0.2, 0.25) is 0 Å². The Balaban J connectivity index is 1.53. The number of nitrogens with zero attached hydrogens (tertiary/aromatic N) is 4. The van der Waals surface area contributed by atoms with Gasteiger partial charge in [-0.25, -0.2) is 4.98 Å². The van der Waals surface area contributed by atoms with Gasteiger partial charge in [0.05, 0.1) is 0 Å². The number of rotatable bonds is 3. The molecule has 4 nitrogen and oxygen atoms in total. The summed E-state index contributed by atoms with van der Waals surface area (Å²) in [6.45, 7) is 7.16. The number of halogens is 1. The fourth-order valence-corrected chi connectivity index (χ4v) is 3.87. The molecule has 22 heavy (non-hydrogen) atoms. The minimum Gasteiger partial charge on any atom is -0.370 e. The summed E-state index contributed by atoms with van der Waals surface area (Å²) in [5, 5.41) is 0. The number of aromatic nitrogens is 2. The Labute approximate surface area is 139 Å². The van der Waals surface area contributed by atoms with Crippen molar-refractivity contribution in [2.75, 3.05) is 31.1 Å². The Hall–Kier alpha value is -1.33. The Bertz CT molecular complexity index is 677. The number of imidazole rings is 1. The molecule has 0 spiro atoms. The molecule has 0 unspecified atom stereocenters. The van der Waals surface area contributed by atoms with E-state index in [-0.39, 0.29) is 0 Å². The Morgan fingerprint density at radius 3 is 2.73 bits per heavy atom. The molecular formula is C17H21BrN4. The average molecular weight is 361 g/mol. The van der Waals surface area contributed by atoms with Crippen molar-refractivity contribution in [2.45, 2.75) is 25.8 Å². The van der Waals surface area contributed by atoms with Gasteiger partial charge in [-0.05, 0) is 72.5 Å². The average Bonchev–Trinajstić information content (AvgIpc) is 3.06. The minimum atomic E-state index is 0.762. The summed E-state index contributed by atoms with van der Waals surface area (Å²) in [6, 6.07) is 7.46. The van der Waals surface area contributed by atoms with Crippen LogP contribution in [0.3, 0.4) is 0 Å². The Kier molecular flexibility index (Phi) is 3.70. The van der Waals surface area contributed by atoms with Crippen LogP contribution in [-0.4, -0.2) is 46.7 Å². The molecule has 1 aromatic carbocycles. The standard InChI is InChI=1S/C17H21BrN4/c1-13-9-14(22-11-17(18)19-12-22)3-4-16(13)21-8-5-15(10-21)20-6-2-7-20/h3-4,9,11-12,15H,2,5-8,10H2,1H3/t15-/m1/s1. The zero-order valence-electron chi connectivity index (χ0n) is 12.9. The van der Waals surface area contributed by atoms with Crippen molar-refractivity contribution in [1.82, 2.24) is 14.5 Å². The molecule has 0 radical (unpaired) electrons. The summed E-state index contributed by atoms with van der Waals surface area (Å²) in [6.07, 6.45) is 6.51. The van der Waals surface area contributed by atoms with E-state index in [2.05, 4.69) is 55.8 Å². The van der Waals surface area contributed by atoms with Gasteiger partial charge in [-0.15, -0.1) is 0 Å². The predicted molar refractivity (Wildman–Crippen MR) is 92.8 cm³/mol. The van der Waals surface area contributed by atoms with Gasteiger partial charge in [0.25, 0.3) is 0 Å². The van der Waals surface area contributed by atoms with Crippen molar-refractivity contribution in [3.05, 3.63) is 40.9 Å². The first kappa shape index (κ1) is 14.3. The Morgan fingerprint density at radius 2 is 2.09 bits per heavy atom. The summed E-state index contributed by atoms with van der Waals surface area (Å²) in [5.74, 6) is 0. The lowest BCUT2D eigenvalue weighted by Crippen LogP contribution is -2.46. The fraction of sp³-hybridized carbons (Fsp3) is 0.471. The van der Waals surface area contributed by atoms with E-state index < -0.39 is 0 Å². The molecule has 0 amide bonds. The van der Waals surface area contributed by atoms with Crippen LogP contribution in [0.25, 0.3) is 5.69 Å². The summed E-state index contributed by atoms with van der Waals surface area (Å²) in [5.41, 5.74) is 3.88. The largest absolute Gasteiger partial charge is 0.370 e. The third-order valence-corrected chi connectivity index (χ3v) is 5.35. The zero-order chi connectivity index (χ0) is 15.1. The zero-order valence-corrected chi connectivity index (χ0v) is 14.5. The molecule has 2 saturated heterocycles. The van der Waals surface area contributed by atoms with Gasteiger partial charge in [0.1, 0.15) is 10.9 Å². The maximum atomic E-state index is 4.23. The molecule has 4 rings (SSSR count). The molecule has 0 aliphatic carbocycles. The first-order valence-electron chi connectivity index (χ1n) is 8.00. The molecule has 5 heteroatoms. The monoisotopic (exact) mass is 360 g/mol. The second-order valence-electron chi connectivity index (χ2n) is 6.35. The normalized spacial score (nSPS) is 22.1. The predicted octanol–water partition coefficient (Wildman–Crippen LogP) is 3.23. The van der Waals surface area contributed by atoms with Crippen molar-refractivity contribution in [1.29, 1.82) is 0 Å². The minimum absolute atomic E-state index is 0.762. The van der Waals surface area contributed by atoms with Crippen molar-refractivity contribution in [2.24, 2.45) is 0 Å². The summed E-state index contributed by atoms with van der Waals surface area (Å²) in [4.78, 5) is 9.41. The highest BCUT2D eigenvalue weighted by molar-refractivity contribution is 9.10. The summed E-state index contributed by atoms with van der Waals surface area (Å²) < 4.78 is 2.92. The molecule has 116 valence electrons. The quantitative estimate of drug-likeness (QED) is 0.839. The molecule has 0 saturated carbocycles. The smallest absolute Gasteiger partial charge is 0.124 e. The first-order valence-corrected chi connectivity index (χ1v) is 8.79. The number of benzene rings is 1. The van der Waals surface area contributed by atoms with Crippen molar-refractivity contribution in [3.8, 4) is 5.69 Å². The molecule has 0 bridgehead atoms. The molecule has 2 aliphatic heterocycles. The molecule has 2 fully saturated rings. The van der Waals surface area contributed by atoms with E-state index in [9.17, 15) is 0 Å². The number of anilines is 1. The topological polar surface area (TPSA) is 24.3 Å². The SMILES string of the molecule is Cc1cc(-n2cnc(Br)c2)ccc1N1CC[C@@H](N2CCC2)C1. The molecule has 1 aromatic heterocycles. The highest BCUT2D eigenvalue weighted by Crippen LogP contribution is 2.29. The van der Waals surface area contributed by atoms with E-state index in [1.807, 2.05) is 17.1 Å². The van der Waals surface area contributed by atoms with Gasteiger partial charge in [-0.2, -0.15) is 0 Å². The fourth-order valence-electron chi connectivity index (χ4n) is 3.56. The third-order valence-electron chi connectivity index (χ3n) is 4.94. The first-order chi connectivity index (χ1) is 10.7. The van der Waals surface area contributed by atoms with Gasteiger partial charge in [0, 0.05) is 36.7 Å². The van der Waals surface area contributed by atoms with Crippen LogP contribution in [-0.2, 0) is 0 Å². The van der Waals surface area contributed by atoms with Gasteiger partial charge < -0.3 is 9.47 Å². The number of aryl methyl sites for hydroxylation is 1. The number of hydrogen-bond acceptors (Lipinski definition) is 3. The van der Waals surface area contributed by atoms with Crippen molar-refractivity contribution in [3.63, 3.8) is 0 Å². The maximum Gasteiger partial charge on any atom is 0.124 e. The molecular weight excluding hydrogens is 340 g/mol. The number of likely N-dealkylation sites (tertiary alicyclic amines) is 1. The lowest BCUT2D eigenvalue weighted by molar-refractivity contribution is 0.129. The van der Waals surface area contributed by atoms with Crippen LogP contribution in [0.2, 0.25) is 0 Å². The molecule has 0 N–H and O–H groups in total. The van der Waals surface area contributed by atoms with Crippen LogP contribution in [0.4, 0.5) is 5.69 Å². The van der Waals surface area contributed by atoms with Crippen LogP contribution >= 0.6 is 15.9 Å². The van der Waals surface area contributed by atoms with E-state index >= 15 is 0 Å². The molecule has 3 heterocycles. The Morgan fingerprint density at radius 1 is 1.23 bits per heavy atom. The van der Waals surface area contributed by atoms with Crippen molar-refractivity contribution < 1.29 is 0 Å². The lowest BCUT2D eigenvalue weighted by atomic mass is 10.1. The van der Waals surface area contributed by atoms with Crippen LogP contribution in [0.1, 0.15) is 18.4 Å². The van der Waals surface area contributed by atoms with E-state index in [1.165, 1.54) is 50.3 Å². The summed E-state index contributed by atoms with van der Waals surface area (Å²) >= 11 is 3.40. The van der Waals surface area contributed by atoms with Gasteiger partial charge >= 0.3 is 0 Å². The van der Waals surface area contributed by atoms with E-state index in [1.54, 1.807) is 0 Å². The van der Waals surface area contributed by atoms with Crippen LogP contribution in [0, 0.1) is 6.92 Å². The second-order valence-corrected chi connectivity index (χ2v) is 7.16. The molecule has 1 atom stereocenters. The van der Waals surface area contributed by atoms with Crippen LogP contribution in [0.5, 0.6) is 0 Å².